The molecule has 1 unspecified atom stereocenters. The van der Waals surface area contributed by atoms with Gasteiger partial charge in [0.05, 0.1) is 0 Å². The average molecular weight is 380 g/mol. The SMILES string of the molecule is CC(F)(F)OCOC(O)(C(=O)OI)C(F)(F)F. The summed E-state index contributed by atoms with van der Waals surface area (Å²) in [6.45, 7) is -1.43. The van der Waals surface area contributed by atoms with Crippen LogP contribution in [0.5, 0.6) is 0 Å². The molecule has 11 heteroatoms. The standard InChI is InChI=1S/C6H6F5IO5/c1-4(7,8)15-2-16-5(14,3(13)17-12)6(9,10)11/h14H,2H2,1H3. The molecule has 1 atom stereocenters. The summed E-state index contributed by atoms with van der Waals surface area (Å²) >= 11 is 0.768. The Hall–Kier alpha value is -0.270. The second-order valence-electron chi connectivity index (χ2n) is 2.72. The molecule has 0 aromatic rings. The minimum absolute atomic E-state index is 0.236. The molecule has 0 heterocycles. The summed E-state index contributed by atoms with van der Waals surface area (Å²) in [6, 6.07) is 0. The summed E-state index contributed by atoms with van der Waals surface area (Å²) < 4.78 is 71.6. The van der Waals surface area contributed by atoms with E-state index in [9.17, 15) is 26.7 Å². The van der Waals surface area contributed by atoms with Crippen LogP contribution in [-0.2, 0) is 17.3 Å². The fraction of sp³-hybridized carbons (Fsp3) is 0.833. The number of carbonyl (C=O) groups excluding carboxylic acids is 1. The molecule has 17 heavy (non-hydrogen) atoms. The van der Waals surface area contributed by atoms with Crippen LogP contribution in [0.15, 0.2) is 0 Å². The zero-order chi connectivity index (χ0) is 13.9. The van der Waals surface area contributed by atoms with Crippen LogP contribution in [0.3, 0.4) is 0 Å². The van der Waals surface area contributed by atoms with Gasteiger partial charge in [-0.05, 0) is 0 Å². The maximum atomic E-state index is 12.2. The fourth-order valence-electron chi connectivity index (χ4n) is 0.527. The second-order valence-corrected chi connectivity index (χ2v) is 3.16. The molecule has 0 aliphatic rings. The Morgan fingerprint density at radius 1 is 1.24 bits per heavy atom. The molecule has 0 aromatic heterocycles. The second kappa shape index (κ2) is 5.58. The average Bonchev–Trinajstić information content (AvgIpc) is 2.12. The van der Waals surface area contributed by atoms with Gasteiger partial charge in [-0.2, -0.15) is 22.0 Å². The molecular weight excluding hydrogens is 374 g/mol. The number of alkyl halides is 5. The van der Waals surface area contributed by atoms with Gasteiger partial charge >= 0.3 is 24.0 Å². The van der Waals surface area contributed by atoms with Gasteiger partial charge in [0.2, 0.25) is 0 Å². The number of hydrogen-bond donors (Lipinski definition) is 1. The van der Waals surface area contributed by atoms with Crippen molar-refractivity contribution in [3.63, 3.8) is 0 Å². The Kier molecular flexibility index (Phi) is 5.49. The van der Waals surface area contributed by atoms with E-state index in [1.54, 1.807) is 0 Å². The molecule has 0 spiro atoms. The van der Waals surface area contributed by atoms with Crippen molar-refractivity contribution in [1.29, 1.82) is 0 Å². The molecule has 0 rings (SSSR count). The Labute approximate surface area is 106 Å². The summed E-state index contributed by atoms with van der Waals surface area (Å²) in [4.78, 5) is 10.7. The van der Waals surface area contributed by atoms with Crippen LogP contribution in [0.4, 0.5) is 22.0 Å². The van der Waals surface area contributed by atoms with Gasteiger partial charge < -0.3 is 12.9 Å². The van der Waals surface area contributed by atoms with Crippen LogP contribution in [0.1, 0.15) is 6.92 Å². The van der Waals surface area contributed by atoms with Gasteiger partial charge in [0, 0.05) is 6.92 Å². The van der Waals surface area contributed by atoms with Gasteiger partial charge in [-0.25, -0.2) is 4.79 Å². The quantitative estimate of drug-likeness (QED) is 0.447. The number of halogens is 6. The van der Waals surface area contributed by atoms with E-state index >= 15 is 0 Å². The highest BCUT2D eigenvalue weighted by molar-refractivity contribution is 14.1. The molecular formula is C6H6F5IO5. The molecule has 0 amide bonds. The number of hydrogen-bond acceptors (Lipinski definition) is 5. The molecule has 0 radical (unpaired) electrons. The number of rotatable bonds is 5. The lowest BCUT2D eigenvalue weighted by molar-refractivity contribution is -0.382. The number of ether oxygens (including phenoxy) is 2. The zero-order valence-electron chi connectivity index (χ0n) is 8.06. The zero-order valence-corrected chi connectivity index (χ0v) is 10.2. The summed E-state index contributed by atoms with van der Waals surface area (Å²) in [6.07, 6.45) is -9.34. The molecule has 0 saturated carbocycles. The van der Waals surface area contributed by atoms with Crippen LogP contribution in [0.25, 0.3) is 0 Å². The first-order chi connectivity index (χ1) is 7.44. The predicted molar refractivity (Wildman–Crippen MR) is 48.8 cm³/mol. The summed E-state index contributed by atoms with van der Waals surface area (Å²) in [5.41, 5.74) is 0. The Morgan fingerprint density at radius 3 is 2.00 bits per heavy atom. The van der Waals surface area contributed by atoms with Crippen LogP contribution in [0, 0.1) is 0 Å². The third kappa shape index (κ3) is 4.85. The van der Waals surface area contributed by atoms with E-state index in [4.69, 9.17) is 5.11 Å². The number of carbonyl (C=O) groups is 1. The van der Waals surface area contributed by atoms with Crippen LogP contribution < -0.4 is 0 Å². The van der Waals surface area contributed by atoms with E-state index in [-0.39, 0.29) is 6.92 Å². The molecule has 102 valence electrons. The van der Waals surface area contributed by atoms with Crippen molar-refractivity contribution in [1.82, 2.24) is 0 Å². The molecule has 0 bridgehead atoms. The third-order valence-corrected chi connectivity index (χ3v) is 1.71. The number of aliphatic hydroxyl groups is 1. The van der Waals surface area contributed by atoms with E-state index in [0.29, 0.717) is 0 Å². The first-order valence-electron chi connectivity index (χ1n) is 3.72. The summed E-state index contributed by atoms with van der Waals surface area (Å²) in [5.74, 6) is -6.58. The van der Waals surface area contributed by atoms with E-state index in [1.807, 2.05) is 0 Å². The van der Waals surface area contributed by atoms with Crippen LogP contribution >= 0.6 is 23.0 Å². The van der Waals surface area contributed by atoms with Crippen LogP contribution in [-0.4, -0.2) is 35.9 Å². The normalized spacial score (nSPS) is 16.5. The fourth-order valence-corrected chi connectivity index (χ4v) is 0.825. The Bertz CT molecular complexity index is 277. The van der Waals surface area contributed by atoms with Crippen molar-refractivity contribution < 1.29 is 44.4 Å². The molecule has 5 nitrogen and oxygen atoms in total. The smallest absolute Gasteiger partial charge is 0.390 e. The van der Waals surface area contributed by atoms with Crippen molar-refractivity contribution in [2.75, 3.05) is 6.79 Å². The lowest BCUT2D eigenvalue weighted by atomic mass is 10.3. The minimum Gasteiger partial charge on any atom is -0.390 e. The van der Waals surface area contributed by atoms with Crippen LogP contribution in [0.2, 0.25) is 0 Å². The molecule has 0 saturated heterocycles. The van der Waals surface area contributed by atoms with Crippen molar-refractivity contribution in [3.05, 3.63) is 0 Å². The first-order valence-corrected chi connectivity index (χ1v) is 4.60. The molecule has 1 N–H and O–H groups in total. The monoisotopic (exact) mass is 380 g/mol. The van der Waals surface area contributed by atoms with E-state index in [1.165, 1.54) is 0 Å². The Balaban J connectivity index is 4.70. The summed E-state index contributed by atoms with van der Waals surface area (Å²) in [7, 11) is 0. The minimum atomic E-state index is -5.57. The predicted octanol–water partition coefficient (Wildman–Crippen LogP) is 1.73. The molecule has 0 fully saturated rings. The first kappa shape index (κ1) is 16.7. The van der Waals surface area contributed by atoms with E-state index in [2.05, 4.69) is 12.5 Å². The van der Waals surface area contributed by atoms with Crippen molar-refractivity contribution in [3.8, 4) is 0 Å². The van der Waals surface area contributed by atoms with Gasteiger partial charge in [-0.1, -0.05) is 0 Å². The maximum absolute atomic E-state index is 12.2. The van der Waals surface area contributed by atoms with Crippen molar-refractivity contribution in [2.24, 2.45) is 0 Å². The topological polar surface area (TPSA) is 65.0 Å². The van der Waals surface area contributed by atoms with Gasteiger partial charge in [0.25, 0.3) is 0 Å². The van der Waals surface area contributed by atoms with E-state index < -0.39 is 30.8 Å². The van der Waals surface area contributed by atoms with Gasteiger partial charge in [0.15, 0.2) is 29.8 Å². The van der Waals surface area contributed by atoms with Crippen molar-refractivity contribution in [2.45, 2.75) is 25.0 Å². The third-order valence-electron chi connectivity index (χ3n) is 1.31. The van der Waals surface area contributed by atoms with Gasteiger partial charge in [0.1, 0.15) is 0 Å². The highest BCUT2D eigenvalue weighted by atomic mass is 127. The van der Waals surface area contributed by atoms with E-state index in [0.717, 1.165) is 23.0 Å². The summed E-state index contributed by atoms with van der Waals surface area (Å²) in [5, 5.41) is 8.86. The van der Waals surface area contributed by atoms with Gasteiger partial charge in [-0.15, -0.1) is 0 Å². The maximum Gasteiger partial charge on any atom is 0.455 e. The highest BCUT2D eigenvalue weighted by Crippen LogP contribution is 2.33. The van der Waals surface area contributed by atoms with Crippen molar-refractivity contribution >= 4 is 29.0 Å². The Morgan fingerprint density at radius 2 is 1.71 bits per heavy atom. The molecule has 0 aromatic carbocycles. The molecule has 0 aliphatic carbocycles. The molecule has 0 aliphatic heterocycles. The lowest BCUT2D eigenvalue weighted by Gasteiger charge is -2.26. The van der Waals surface area contributed by atoms with Gasteiger partial charge in [-0.3, -0.25) is 4.74 Å². The lowest BCUT2D eigenvalue weighted by Crippen LogP contribution is -2.55. The largest absolute Gasteiger partial charge is 0.455 e. The highest BCUT2D eigenvalue weighted by Gasteiger charge is 2.63.